The number of methoxy groups -OCH3 is 1. The third-order valence-corrected chi connectivity index (χ3v) is 6.74. The number of benzene rings is 1. The van der Waals surface area contributed by atoms with Crippen molar-refractivity contribution in [1.29, 1.82) is 0 Å². The van der Waals surface area contributed by atoms with Crippen LogP contribution in [0.25, 0.3) is 11.3 Å². The van der Waals surface area contributed by atoms with Gasteiger partial charge in [-0.15, -0.1) is 23.1 Å². The molecule has 0 bridgehead atoms. The lowest BCUT2D eigenvalue weighted by molar-refractivity contribution is -0.141. The van der Waals surface area contributed by atoms with E-state index in [1.54, 1.807) is 4.90 Å². The zero-order chi connectivity index (χ0) is 18.7. The summed E-state index contributed by atoms with van der Waals surface area (Å²) in [6, 6.07) is 8.17. The summed E-state index contributed by atoms with van der Waals surface area (Å²) in [5.74, 6) is 0.424. The fourth-order valence-electron chi connectivity index (χ4n) is 2.81. The van der Waals surface area contributed by atoms with Crippen LogP contribution in [0, 0.1) is 10.9 Å². The molecule has 1 amide bonds. The maximum atomic E-state index is 12.8. The van der Waals surface area contributed by atoms with Gasteiger partial charge in [-0.05, 0) is 24.7 Å². The average molecular weight is 409 g/mol. The Morgan fingerprint density at radius 2 is 2.04 bits per heavy atom. The van der Waals surface area contributed by atoms with Crippen LogP contribution in [-0.4, -0.2) is 52.5 Å². The fraction of sp³-hybridized carbons (Fsp3) is 0.389. The summed E-state index contributed by atoms with van der Waals surface area (Å²) in [6.45, 7) is 3.24. The van der Waals surface area contributed by atoms with Crippen LogP contribution in [-0.2, 0) is 20.9 Å². The van der Waals surface area contributed by atoms with E-state index in [0.29, 0.717) is 17.0 Å². The van der Waals surface area contributed by atoms with Gasteiger partial charge in [0.1, 0.15) is 11.8 Å². The van der Waals surface area contributed by atoms with Crippen molar-refractivity contribution in [2.45, 2.75) is 18.7 Å². The molecule has 8 heteroatoms. The molecular weight excluding hydrogens is 388 g/mol. The van der Waals surface area contributed by atoms with Gasteiger partial charge < -0.3 is 14.2 Å². The molecule has 1 aromatic carbocycles. The van der Waals surface area contributed by atoms with E-state index in [4.69, 9.17) is 17.0 Å². The minimum Gasteiger partial charge on any atom is -0.468 e. The van der Waals surface area contributed by atoms with Crippen LogP contribution in [0.1, 0.15) is 5.56 Å². The van der Waals surface area contributed by atoms with Crippen molar-refractivity contribution in [2.24, 2.45) is 0 Å². The molecule has 0 unspecified atom stereocenters. The number of esters is 1. The van der Waals surface area contributed by atoms with Gasteiger partial charge in [-0.25, -0.2) is 0 Å². The Hall–Kier alpha value is -1.64. The van der Waals surface area contributed by atoms with E-state index in [-0.39, 0.29) is 23.7 Å². The normalized spacial score (nSPS) is 17.2. The Bertz CT molecular complexity index is 857. The molecule has 2 heterocycles. The summed E-state index contributed by atoms with van der Waals surface area (Å²) in [5, 5.41) is 1.67. The first kappa shape index (κ1) is 19.1. The Morgan fingerprint density at radius 3 is 2.73 bits per heavy atom. The lowest BCUT2D eigenvalue weighted by atomic mass is 10.1. The van der Waals surface area contributed by atoms with Crippen molar-refractivity contribution in [1.82, 2.24) is 9.47 Å². The first-order valence-corrected chi connectivity index (χ1v) is 10.6. The number of nitrogens with zero attached hydrogens (tertiary/aromatic N) is 2. The number of hydrogen-bond donors (Lipinski definition) is 0. The molecule has 1 saturated heterocycles. The summed E-state index contributed by atoms with van der Waals surface area (Å²) < 4.78 is 7.36. The van der Waals surface area contributed by atoms with Gasteiger partial charge in [-0.2, -0.15) is 0 Å². The second kappa shape index (κ2) is 8.37. The maximum absolute atomic E-state index is 12.8. The van der Waals surface area contributed by atoms with Gasteiger partial charge in [0.05, 0.1) is 12.8 Å². The van der Waals surface area contributed by atoms with E-state index >= 15 is 0 Å². The van der Waals surface area contributed by atoms with E-state index in [1.165, 1.54) is 35.8 Å². The lowest BCUT2D eigenvalue weighted by Crippen LogP contribution is -2.46. The molecule has 0 spiro atoms. The van der Waals surface area contributed by atoms with Crippen molar-refractivity contribution < 1.29 is 14.3 Å². The van der Waals surface area contributed by atoms with Crippen LogP contribution < -0.4 is 0 Å². The molecule has 0 aliphatic carbocycles. The molecule has 0 radical (unpaired) electrons. The van der Waals surface area contributed by atoms with Gasteiger partial charge in [0, 0.05) is 24.2 Å². The number of aryl methyl sites for hydroxylation is 1. The van der Waals surface area contributed by atoms with Gasteiger partial charge in [0.25, 0.3) is 0 Å². The van der Waals surface area contributed by atoms with Gasteiger partial charge in [0.2, 0.25) is 5.91 Å². The van der Waals surface area contributed by atoms with Crippen LogP contribution in [0.5, 0.6) is 0 Å². The number of aromatic nitrogens is 1. The molecule has 26 heavy (non-hydrogen) atoms. The second-order valence-electron chi connectivity index (χ2n) is 6.06. The topological polar surface area (TPSA) is 51.5 Å². The standard InChI is InChI=1S/C18H20N2O3S3/c1-12-3-5-13(6-4-12)14-11-26-18(24)20(14)10-16(21)19-7-8-25-15(9-19)17(22)23-2/h3-6,11,15H,7-10H2,1-2H3/t15-/m1/s1. The third-order valence-electron chi connectivity index (χ3n) is 4.31. The number of rotatable bonds is 4. The van der Waals surface area contributed by atoms with Crippen molar-refractivity contribution in [3.8, 4) is 11.3 Å². The number of carbonyl (C=O) groups is 2. The second-order valence-corrected chi connectivity index (χ2v) is 8.88. The first-order chi connectivity index (χ1) is 12.5. The Morgan fingerprint density at radius 1 is 1.31 bits per heavy atom. The van der Waals surface area contributed by atoms with Crippen molar-refractivity contribution in [3.63, 3.8) is 0 Å². The SMILES string of the molecule is COC(=O)[C@H]1CN(C(=O)Cn2c(-c3ccc(C)cc3)csc2=S)CCS1. The monoisotopic (exact) mass is 408 g/mol. The van der Waals surface area contributed by atoms with Gasteiger partial charge in [0.15, 0.2) is 3.95 Å². The molecule has 1 aliphatic rings. The molecule has 0 N–H and O–H groups in total. The molecule has 5 nitrogen and oxygen atoms in total. The molecule has 3 rings (SSSR count). The summed E-state index contributed by atoms with van der Waals surface area (Å²) in [4.78, 5) is 26.3. The van der Waals surface area contributed by atoms with Crippen molar-refractivity contribution >= 4 is 47.2 Å². The minimum atomic E-state index is -0.315. The number of thiazole rings is 1. The highest BCUT2D eigenvalue weighted by molar-refractivity contribution is 8.00. The molecule has 1 aromatic heterocycles. The molecule has 138 valence electrons. The van der Waals surface area contributed by atoms with Crippen LogP contribution in [0.15, 0.2) is 29.6 Å². The molecular formula is C18H20N2O3S3. The summed E-state index contributed by atoms with van der Waals surface area (Å²) in [6.07, 6.45) is 0. The number of thioether (sulfide) groups is 1. The molecule has 1 aliphatic heterocycles. The van der Waals surface area contributed by atoms with Crippen LogP contribution in [0.3, 0.4) is 0 Å². The average Bonchev–Trinajstić information content (AvgIpc) is 3.02. The molecule has 0 saturated carbocycles. The maximum Gasteiger partial charge on any atom is 0.320 e. The zero-order valence-electron chi connectivity index (χ0n) is 14.6. The molecule has 1 atom stereocenters. The predicted molar refractivity (Wildman–Crippen MR) is 108 cm³/mol. The van der Waals surface area contributed by atoms with Crippen LogP contribution in [0.4, 0.5) is 0 Å². The summed E-state index contributed by atoms with van der Waals surface area (Å²) in [5.41, 5.74) is 3.17. The van der Waals surface area contributed by atoms with Crippen molar-refractivity contribution in [3.05, 3.63) is 39.2 Å². The summed E-state index contributed by atoms with van der Waals surface area (Å²) in [7, 11) is 1.38. The largest absolute Gasteiger partial charge is 0.468 e. The predicted octanol–water partition coefficient (Wildman–Crippen LogP) is 3.37. The van der Waals surface area contributed by atoms with E-state index < -0.39 is 0 Å². The van der Waals surface area contributed by atoms with Gasteiger partial charge in [-0.3, -0.25) is 9.59 Å². The van der Waals surface area contributed by atoms with Crippen molar-refractivity contribution in [2.75, 3.05) is 26.0 Å². The highest BCUT2D eigenvalue weighted by atomic mass is 32.2. The van der Waals surface area contributed by atoms with Gasteiger partial charge in [-0.1, -0.05) is 29.8 Å². The Kier molecular flexibility index (Phi) is 6.16. The lowest BCUT2D eigenvalue weighted by Gasteiger charge is -2.31. The molecule has 2 aromatic rings. The number of ether oxygens (including phenoxy) is 1. The van der Waals surface area contributed by atoms with E-state index in [2.05, 4.69) is 0 Å². The smallest absolute Gasteiger partial charge is 0.320 e. The Labute approximate surface area is 166 Å². The Balaban J connectivity index is 1.77. The number of carbonyl (C=O) groups excluding carboxylic acids is 2. The fourth-order valence-corrected chi connectivity index (χ4v) is 5.02. The zero-order valence-corrected chi connectivity index (χ0v) is 17.1. The third kappa shape index (κ3) is 4.19. The molecule has 1 fully saturated rings. The van der Waals surface area contributed by atoms with Gasteiger partial charge >= 0.3 is 5.97 Å². The van der Waals surface area contributed by atoms with Crippen LogP contribution >= 0.6 is 35.3 Å². The quantitative estimate of drug-likeness (QED) is 0.573. The minimum absolute atomic E-state index is 0.0259. The van der Waals surface area contributed by atoms with E-state index in [1.807, 2.05) is 41.1 Å². The number of amides is 1. The number of hydrogen-bond acceptors (Lipinski definition) is 6. The first-order valence-electron chi connectivity index (χ1n) is 8.22. The van der Waals surface area contributed by atoms with E-state index in [0.717, 1.165) is 17.0 Å². The highest BCUT2D eigenvalue weighted by Gasteiger charge is 2.30. The summed E-state index contributed by atoms with van der Waals surface area (Å²) >= 11 is 8.43. The highest BCUT2D eigenvalue weighted by Crippen LogP contribution is 2.25. The van der Waals surface area contributed by atoms with Crippen LogP contribution in [0.2, 0.25) is 0 Å². The van der Waals surface area contributed by atoms with E-state index in [9.17, 15) is 9.59 Å².